The van der Waals surface area contributed by atoms with Crippen LogP contribution in [0.5, 0.6) is 11.6 Å². The SMILES string of the molecule is CC(C)c1cc(Oc2ccc(N)c(F)c2)ncn1. The molecule has 94 valence electrons. The highest BCUT2D eigenvalue weighted by Gasteiger charge is 2.06. The van der Waals surface area contributed by atoms with Crippen molar-refractivity contribution >= 4 is 5.69 Å². The minimum absolute atomic E-state index is 0.0907. The summed E-state index contributed by atoms with van der Waals surface area (Å²) in [6.45, 7) is 4.05. The second-order valence-corrected chi connectivity index (χ2v) is 4.22. The summed E-state index contributed by atoms with van der Waals surface area (Å²) in [6, 6.07) is 6.01. The van der Waals surface area contributed by atoms with Gasteiger partial charge in [0, 0.05) is 12.1 Å². The molecule has 5 heteroatoms. The predicted octanol–water partition coefficient (Wildman–Crippen LogP) is 3.11. The summed E-state index contributed by atoms with van der Waals surface area (Å²) in [5, 5.41) is 0. The van der Waals surface area contributed by atoms with Gasteiger partial charge in [0.25, 0.3) is 0 Å². The van der Waals surface area contributed by atoms with Gasteiger partial charge in [0.1, 0.15) is 17.9 Å². The Hall–Kier alpha value is -2.17. The van der Waals surface area contributed by atoms with Gasteiger partial charge in [-0.2, -0.15) is 0 Å². The first-order chi connectivity index (χ1) is 8.56. The third kappa shape index (κ3) is 2.74. The van der Waals surface area contributed by atoms with Crippen molar-refractivity contribution in [1.29, 1.82) is 0 Å². The lowest BCUT2D eigenvalue weighted by Gasteiger charge is -2.08. The van der Waals surface area contributed by atoms with E-state index < -0.39 is 5.82 Å². The second kappa shape index (κ2) is 5.00. The van der Waals surface area contributed by atoms with E-state index in [0.29, 0.717) is 11.6 Å². The Labute approximate surface area is 105 Å². The Morgan fingerprint density at radius 3 is 2.67 bits per heavy atom. The van der Waals surface area contributed by atoms with Crippen molar-refractivity contribution in [3.8, 4) is 11.6 Å². The average Bonchev–Trinajstić information content (AvgIpc) is 2.34. The number of aromatic nitrogens is 2. The molecule has 1 heterocycles. The van der Waals surface area contributed by atoms with Crippen LogP contribution in [0.1, 0.15) is 25.5 Å². The maximum absolute atomic E-state index is 13.3. The molecule has 0 aliphatic heterocycles. The molecule has 0 spiro atoms. The van der Waals surface area contributed by atoms with Crippen LogP contribution in [0.4, 0.5) is 10.1 Å². The van der Waals surface area contributed by atoms with Gasteiger partial charge >= 0.3 is 0 Å². The summed E-state index contributed by atoms with van der Waals surface area (Å²) in [4.78, 5) is 8.11. The normalized spacial score (nSPS) is 10.7. The van der Waals surface area contributed by atoms with Crippen molar-refractivity contribution in [1.82, 2.24) is 9.97 Å². The number of hydrogen-bond acceptors (Lipinski definition) is 4. The zero-order chi connectivity index (χ0) is 13.1. The van der Waals surface area contributed by atoms with Crippen molar-refractivity contribution < 1.29 is 9.13 Å². The van der Waals surface area contributed by atoms with E-state index in [9.17, 15) is 4.39 Å². The smallest absolute Gasteiger partial charge is 0.222 e. The number of rotatable bonds is 3. The molecule has 0 aliphatic carbocycles. The summed E-state index contributed by atoms with van der Waals surface area (Å²) < 4.78 is 18.7. The first-order valence-corrected chi connectivity index (χ1v) is 5.61. The molecule has 18 heavy (non-hydrogen) atoms. The van der Waals surface area contributed by atoms with Gasteiger partial charge in [0.2, 0.25) is 5.88 Å². The molecule has 2 N–H and O–H groups in total. The molecule has 0 bridgehead atoms. The fourth-order valence-electron chi connectivity index (χ4n) is 1.42. The number of ether oxygens (including phenoxy) is 1. The molecule has 1 aromatic carbocycles. The van der Waals surface area contributed by atoms with Crippen molar-refractivity contribution in [3.63, 3.8) is 0 Å². The standard InChI is InChI=1S/C13H14FN3O/c1-8(2)12-6-13(17-7-16-12)18-9-3-4-11(15)10(14)5-9/h3-8H,15H2,1-2H3. The average molecular weight is 247 g/mol. The Kier molecular flexibility index (Phi) is 3.41. The van der Waals surface area contributed by atoms with Crippen molar-refractivity contribution in [3.05, 3.63) is 42.1 Å². The lowest BCUT2D eigenvalue weighted by molar-refractivity contribution is 0.455. The van der Waals surface area contributed by atoms with Gasteiger partial charge in [-0.1, -0.05) is 13.8 Å². The molecular formula is C13H14FN3O. The molecule has 2 rings (SSSR count). The fraction of sp³-hybridized carbons (Fsp3) is 0.231. The molecule has 0 unspecified atom stereocenters. The molecule has 0 amide bonds. The highest BCUT2D eigenvalue weighted by Crippen LogP contribution is 2.24. The number of halogens is 1. The third-order valence-electron chi connectivity index (χ3n) is 2.45. The number of nitrogen functional groups attached to an aromatic ring is 1. The predicted molar refractivity (Wildman–Crippen MR) is 67.0 cm³/mol. The summed E-state index contributed by atoms with van der Waals surface area (Å²) >= 11 is 0. The Morgan fingerprint density at radius 2 is 2.00 bits per heavy atom. The Morgan fingerprint density at radius 1 is 1.22 bits per heavy atom. The van der Waals surface area contributed by atoms with Crippen molar-refractivity contribution in [2.75, 3.05) is 5.73 Å². The van der Waals surface area contributed by atoms with E-state index in [1.165, 1.54) is 18.5 Å². The number of hydrogen-bond donors (Lipinski definition) is 1. The first-order valence-electron chi connectivity index (χ1n) is 5.61. The second-order valence-electron chi connectivity index (χ2n) is 4.22. The summed E-state index contributed by atoms with van der Waals surface area (Å²) in [5.41, 5.74) is 6.35. The maximum Gasteiger partial charge on any atom is 0.222 e. The van der Waals surface area contributed by atoms with Crippen LogP contribution in [0, 0.1) is 5.82 Å². The van der Waals surface area contributed by atoms with Crippen LogP contribution < -0.4 is 10.5 Å². The maximum atomic E-state index is 13.3. The molecule has 0 atom stereocenters. The topological polar surface area (TPSA) is 61.0 Å². The Bertz CT molecular complexity index is 558. The van der Waals surface area contributed by atoms with Gasteiger partial charge < -0.3 is 10.5 Å². The van der Waals surface area contributed by atoms with Crippen molar-refractivity contribution in [2.24, 2.45) is 0 Å². The number of nitrogens with two attached hydrogens (primary N) is 1. The molecule has 0 saturated carbocycles. The molecule has 0 radical (unpaired) electrons. The van der Waals surface area contributed by atoms with Crippen LogP contribution in [-0.2, 0) is 0 Å². The molecule has 1 aromatic heterocycles. The molecule has 0 saturated heterocycles. The van der Waals surface area contributed by atoms with Crippen LogP contribution in [0.3, 0.4) is 0 Å². The van der Waals surface area contributed by atoms with Crippen LogP contribution in [0.25, 0.3) is 0 Å². The largest absolute Gasteiger partial charge is 0.439 e. The van der Waals surface area contributed by atoms with Gasteiger partial charge in [-0.15, -0.1) is 0 Å². The lowest BCUT2D eigenvalue weighted by Crippen LogP contribution is -1.96. The van der Waals surface area contributed by atoms with E-state index in [1.807, 2.05) is 13.8 Å². The highest BCUT2D eigenvalue weighted by atomic mass is 19.1. The lowest BCUT2D eigenvalue weighted by atomic mass is 10.1. The van der Waals surface area contributed by atoms with Gasteiger partial charge in [-0.3, -0.25) is 0 Å². The summed E-state index contributed by atoms with van der Waals surface area (Å²) in [5.74, 6) is 0.511. The van der Waals surface area contributed by atoms with Crippen molar-refractivity contribution in [2.45, 2.75) is 19.8 Å². The molecule has 4 nitrogen and oxygen atoms in total. The van der Waals surface area contributed by atoms with Crippen LogP contribution in [-0.4, -0.2) is 9.97 Å². The third-order valence-corrected chi connectivity index (χ3v) is 2.45. The minimum Gasteiger partial charge on any atom is -0.439 e. The summed E-state index contributed by atoms with van der Waals surface area (Å²) in [6.07, 6.45) is 1.43. The highest BCUT2D eigenvalue weighted by molar-refractivity contribution is 5.44. The summed E-state index contributed by atoms with van der Waals surface area (Å²) in [7, 11) is 0. The number of anilines is 1. The van der Waals surface area contributed by atoms with E-state index in [4.69, 9.17) is 10.5 Å². The molecule has 2 aromatic rings. The van der Waals surface area contributed by atoms with Gasteiger partial charge in [-0.25, -0.2) is 14.4 Å². The van der Waals surface area contributed by atoms with Crippen LogP contribution in [0.2, 0.25) is 0 Å². The van der Waals surface area contributed by atoms with Gasteiger partial charge in [-0.05, 0) is 18.1 Å². The monoisotopic (exact) mass is 247 g/mol. The Balaban J connectivity index is 2.23. The zero-order valence-corrected chi connectivity index (χ0v) is 10.2. The number of nitrogens with zero attached hydrogens (tertiary/aromatic N) is 2. The molecular weight excluding hydrogens is 233 g/mol. The van der Waals surface area contributed by atoms with E-state index in [1.54, 1.807) is 12.1 Å². The van der Waals surface area contributed by atoms with E-state index in [2.05, 4.69) is 9.97 Å². The van der Waals surface area contributed by atoms with E-state index in [-0.39, 0.29) is 11.6 Å². The molecule has 0 aliphatic rings. The van der Waals surface area contributed by atoms with Gasteiger partial charge in [0.15, 0.2) is 0 Å². The van der Waals surface area contributed by atoms with Crippen LogP contribution >= 0.6 is 0 Å². The van der Waals surface area contributed by atoms with E-state index in [0.717, 1.165) is 5.69 Å². The van der Waals surface area contributed by atoms with Gasteiger partial charge in [0.05, 0.1) is 11.4 Å². The molecule has 0 fully saturated rings. The zero-order valence-electron chi connectivity index (χ0n) is 10.2. The van der Waals surface area contributed by atoms with Crippen LogP contribution in [0.15, 0.2) is 30.6 Å². The first kappa shape index (κ1) is 12.3. The quantitative estimate of drug-likeness (QED) is 0.846. The van der Waals surface area contributed by atoms with E-state index >= 15 is 0 Å². The fourth-order valence-corrected chi connectivity index (χ4v) is 1.42. The minimum atomic E-state index is -0.509. The number of benzene rings is 1.